The van der Waals surface area contributed by atoms with Gasteiger partial charge in [0.1, 0.15) is 11.5 Å². The molecule has 2 aromatic carbocycles. The van der Waals surface area contributed by atoms with Gasteiger partial charge in [0.2, 0.25) is 0 Å². The summed E-state index contributed by atoms with van der Waals surface area (Å²) in [5.74, 6) is 1.36. The zero-order chi connectivity index (χ0) is 14.4. The van der Waals surface area contributed by atoms with E-state index in [1.54, 1.807) is 0 Å². The largest absolute Gasteiger partial charge is 0.505 e. The predicted octanol–water partition coefficient (Wildman–Crippen LogP) is 4.32. The second-order valence-electron chi connectivity index (χ2n) is 4.58. The number of para-hydroxylation sites is 2. The van der Waals surface area contributed by atoms with Crippen LogP contribution in [-0.4, -0.2) is 11.4 Å². The Labute approximate surface area is 119 Å². The molecule has 3 heteroatoms. The minimum Gasteiger partial charge on any atom is -0.505 e. The van der Waals surface area contributed by atoms with Gasteiger partial charge in [-0.25, -0.2) is 0 Å². The molecule has 0 amide bonds. The van der Waals surface area contributed by atoms with Crippen LogP contribution >= 0.6 is 0 Å². The van der Waals surface area contributed by atoms with Gasteiger partial charge in [-0.05, 0) is 43.7 Å². The van der Waals surface area contributed by atoms with Gasteiger partial charge in [0.05, 0.1) is 0 Å². The molecular formula is C17H18O3. The highest BCUT2D eigenvalue weighted by Gasteiger charge is 2.19. The Morgan fingerprint density at radius 3 is 1.55 bits per heavy atom. The first-order valence-electron chi connectivity index (χ1n) is 6.46. The molecule has 0 aromatic heterocycles. The van der Waals surface area contributed by atoms with Crippen molar-refractivity contribution in [3.63, 3.8) is 0 Å². The summed E-state index contributed by atoms with van der Waals surface area (Å²) in [6, 6.07) is 18.6. The lowest BCUT2D eigenvalue weighted by molar-refractivity contribution is 0.00352. The van der Waals surface area contributed by atoms with Crippen molar-refractivity contribution >= 4 is 0 Å². The highest BCUT2D eigenvalue weighted by Crippen LogP contribution is 2.20. The molecule has 0 unspecified atom stereocenters. The van der Waals surface area contributed by atoms with E-state index >= 15 is 0 Å². The average Bonchev–Trinajstić information content (AvgIpc) is 2.48. The van der Waals surface area contributed by atoms with Gasteiger partial charge in [-0.1, -0.05) is 36.4 Å². The fourth-order valence-electron chi connectivity index (χ4n) is 1.62. The smallest absolute Gasteiger partial charge is 0.299 e. The van der Waals surface area contributed by atoms with Crippen LogP contribution in [0.4, 0.5) is 0 Å². The summed E-state index contributed by atoms with van der Waals surface area (Å²) < 4.78 is 11.4. The number of hydrogen-bond donors (Lipinski definition) is 1. The monoisotopic (exact) mass is 270 g/mol. The van der Waals surface area contributed by atoms with Gasteiger partial charge >= 0.3 is 0 Å². The molecule has 3 nitrogen and oxygen atoms in total. The normalized spacial score (nSPS) is 10.2. The van der Waals surface area contributed by atoms with Crippen molar-refractivity contribution in [1.29, 1.82) is 0 Å². The fourth-order valence-corrected chi connectivity index (χ4v) is 1.62. The average molecular weight is 270 g/mol. The summed E-state index contributed by atoms with van der Waals surface area (Å²) in [7, 11) is 0. The number of rotatable bonds is 5. The van der Waals surface area contributed by atoms with E-state index < -0.39 is 6.29 Å². The zero-order valence-corrected chi connectivity index (χ0v) is 11.6. The summed E-state index contributed by atoms with van der Waals surface area (Å²) >= 11 is 0. The van der Waals surface area contributed by atoms with Crippen LogP contribution in [0.2, 0.25) is 0 Å². The van der Waals surface area contributed by atoms with Gasteiger partial charge < -0.3 is 14.6 Å². The Morgan fingerprint density at radius 2 is 1.20 bits per heavy atom. The van der Waals surface area contributed by atoms with Crippen LogP contribution in [0, 0.1) is 0 Å². The first-order valence-corrected chi connectivity index (χ1v) is 6.46. The molecule has 0 saturated carbocycles. The number of aliphatic hydroxyl groups is 1. The maximum absolute atomic E-state index is 10.1. The molecular weight excluding hydrogens is 252 g/mol. The van der Waals surface area contributed by atoms with Crippen molar-refractivity contribution in [1.82, 2.24) is 0 Å². The van der Waals surface area contributed by atoms with Gasteiger partial charge in [0, 0.05) is 0 Å². The molecule has 0 spiro atoms. The van der Waals surface area contributed by atoms with E-state index in [0.29, 0.717) is 11.5 Å². The highest BCUT2D eigenvalue weighted by molar-refractivity contribution is 5.25. The maximum atomic E-state index is 10.1. The molecule has 1 N–H and O–H groups in total. The third-order valence-electron chi connectivity index (χ3n) is 2.71. The van der Waals surface area contributed by atoms with Crippen molar-refractivity contribution in [2.24, 2.45) is 0 Å². The van der Waals surface area contributed by atoms with Gasteiger partial charge in [-0.15, -0.1) is 0 Å². The van der Waals surface area contributed by atoms with E-state index in [2.05, 4.69) is 0 Å². The molecule has 2 aromatic rings. The Bertz CT molecular complexity index is 516. The molecule has 0 aliphatic heterocycles. The number of allylic oxidation sites excluding steroid dienone is 1. The third-order valence-corrected chi connectivity index (χ3v) is 2.71. The second-order valence-corrected chi connectivity index (χ2v) is 4.58. The van der Waals surface area contributed by atoms with E-state index in [4.69, 9.17) is 9.47 Å². The van der Waals surface area contributed by atoms with Crippen LogP contribution in [0.25, 0.3) is 0 Å². The van der Waals surface area contributed by atoms with Crippen molar-refractivity contribution in [3.8, 4) is 11.5 Å². The molecule has 0 saturated heterocycles. The number of hydrogen-bond acceptors (Lipinski definition) is 3. The number of benzene rings is 2. The van der Waals surface area contributed by atoms with Gasteiger partial charge in [-0.3, -0.25) is 0 Å². The van der Waals surface area contributed by atoms with Crippen molar-refractivity contribution < 1.29 is 14.6 Å². The molecule has 0 radical (unpaired) electrons. The van der Waals surface area contributed by atoms with Crippen molar-refractivity contribution in [2.75, 3.05) is 0 Å². The van der Waals surface area contributed by atoms with Gasteiger partial charge in [0.25, 0.3) is 6.29 Å². The van der Waals surface area contributed by atoms with Crippen LogP contribution in [0.15, 0.2) is 72.0 Å². The quantitative estimate of drug-likeness (QED) is 0.649. The minimum atomic E-state index is -0.857. The van der Waals surface area contributed by atoms with E-state index in [0.717, 1.165) is 5.57 Å². The molecule has 0 fully saturated rings. The van der Waals surface area contributed by atoms with E-state index in [1.807, 2.05) is 74.5 Å². The standard InChI is InChI=1S/C17H18O3/c1-13(2)16(18)17(19-14-9-5-3-6-10-14)20-15-11-7-4-8-12-15/h3-12,17-18H,1-2H3. The highest BCUT2D eigenvalue weighted by atomic mass is 16.7. The lowest BCUT2D eigenvalue weighted by atomic mass is 10.2. The summed E-state index contributed by atoms with van der Waals surface area (Å²) in [5.41, 5.74) is 0.752. The van der Waals surface area contributed by atoms with Crippen molar-refractivity contribution in [2.45, 2.75) is 20.1 Å². The van der Waals surface area contributed by atoms with Crippen LogP contribution in [0.1, 0.15) is 13.8 Å². The minimum absolute atomic E-state index is 0.0812. The Balaban J connectivity index is 2.20. The number of aliphatic hydroxyl groups excluding tert-OH is 1. The Kier molecular flexibility index (Phi) is 4.66. The lowest BCUT2D eigenvalue weighted by Crippen LogP contribution is -2.27. The summed E-state index contributed by atoms with van der Waals surface area (Å²) in [6.45, 7) is 3.62. The summed E-state index contributed by atoms with van der Waals surface area (Å²) in [5, 5.41) is 10.1. The van der Waals surface area contributed by atoms with Crippen LogP contribution in [-0.2, 0) is 0 Å². The fraction of sp³-hybridized carbons (Fsp3) is 0.176. The Morgan fingerprint density at radius 1 is 0.800 bits per heavy atom. The topological polar surface area (TPSA) is 38.7 Å². The SMILES string of the molecule is CC(C)=C(O)C(Oc1ccccc1)Oc1ccccc1. The van der Waals surface area contributed by atoms with Crippen LogP contribution in [0.5, 0.6) is 11.5 Å². The molecule has 0 aliphatic carbocycles. The van der Waals surface area contributed by atoms with E-state index in [-0.39, 0.29) is 5.76 Å². The summed E-state index contributed by atoms with van der Waals surface area (Å²) in [6.07, 6.45) is -0.857. The maximum Gasteiger partial charge on any atom is 0.299 e. The van der Waals surface area contributed by atoms with E-state index in [1.165, 1.54) is 0 Å². The predicted molar refractivity (Wildman–Crippen MR) is 78.9 cm³/mol. The lowest BCUT2D eigenvalue weighted by Gasteiger charge is -2.20. The molecule has 104 valence electrons. The Hall–Kier alpha value is -2.42. The zero-order valence-electron chi connectivity index (χ0n) is 11.6. The van der Waals surface area contributed by atoms with Gasteiger partial charge in [0.15, 0.2) is 5.76 Å². The first-order chi connectivity index (χ1) is 9.66. The molecule has 20 heavy (non-hydrogen) atoms. The van der Waals surface area contributed by atoms with Gasteiger partial charge in [-0.2, -0.15) is 0 Å². The molecule has 2 rings (SSSR count). The third kappa shape index (κ3) is 3.79. The first kappa shape index (κ1) is 14.0. The second kappa shape index (κ2) is 6.66. The van der Waals surface area contributed by atoms with Crippen LogP contribution < -0.4 is 9.47 Å². The molecule has 0 aliphatic rings. The van der Waals surface area contributed by atoms with Crippen LogP contribution in [0.3, 0.4) is 0 Å². The van der Waals surface area contributed by atoms with E-state index in [9.17, 15) is 5.11 Å². The summed E-state index contributed by atoms with van der Waals surface area (Å²) in [4.78, 5) is 0. The molecule has 0 heterocycles. The number of ether oxygens (including phenoxy) is 2. The molecule has 0 bridgehead atoms. The van der Waals surface area contributed by atoms with Crippen molar-refractivity contribution in [3.05, 3.63) is 72.0 Å². The molecule has 0 atom stereocenters.